The van der Waals surface area contributed by atoms with Gasteiger partial charge in [0.25, 0.3) is 11.5 Å². The molecule has 2 aromatic heterocycles. The van der Waals surface area contributed by atoms with Gasteiger partial charge in [0, 0.05) is 35.7 Å². The molecule has 0 aliphatic heterocycles. The number of halogens is 4. The number of aromatic hydroxyl groups is 1. The van der Waals surface area contributed by atoms with E-state index in [0.717, 1.165) is 10.6 Å². The molecule has 0 aliphatic rings. The number of carbonyl (C=O) groups excluding carboxylic acids is 1. The molecule has 1 amide bonds. The van der Waals surface area contributed by atoms with Crippen LogP contribution in [-0.4, -0.2) is 45.7 Å². The van der Waals surface area contributed by atoms with Crippen LogP contribution in [0.25, 0.3) is 16.6 Å². The van der Waals surface area contributed by atoms with Gasteiger partial charge in [-0.05, 0) is 34.0 Å². The Labute approximate surface area is 185 Å². The number of phenolic OH excluding ortho intramolecular Hbond substituents is 1. The highest BCUT2D eigenvalue weighted by atomic mass is 19.4. The number of primary amides is 1. The van der Waals surface area contributed by atoms with E-state index in [1.54, 1.807) is 19.0 Å². The molecule has 5 N–H and O–H groups in total. The van der Waals surface area contributed by atoms with E-state index in [9.17, 15) is 32.3 Å². The van der Waals surface area contributed by atoms with Gasteiger partial charge in [-0.3, -0.25) is 14.2 Å². The third kappa shape index (κ3) is 3.90. The Morgan fingerprint density at radius 3 is 2.30 bits per heavy atom. The average molecular weight is 469 g/mol. The molecule has 0 bridgehead atoms. The van der Waals surface area contributed by atoms with Crippen molar-refractivity contribution < 1.29 is 27.5 Å². The lowest BCUT2D eigenvalue weighted by Gasteiger charge is -2.19. The second-order valence-electron chi connectivity index (χ2n) is 7.99. The second kappa shape index (κ2) is 8.10. The van der Waals surface area contributed by atoms with Gasteiger partial charge in [-0.25, -0.2) is 4.39 Å². The van der Waals surface area contributed by atoms with Crippen LogP contribution in [0.3, 0.4) is 0 Å². The lowest BCUT2D eigenvalue weighted by Crippen LogP contribution is -2.32. The van der Waals surface area contributed by atoms with Crippen molar-refractivity contribution in [3.05, 3.63) is 50.7 Å². The van der Waals surface area contributed by atoms with Crippen molar-refractivity contribution in [3.63, 3.8) is 0 Å². The van der Waals surface area contributed by atoms with E-state index in [1.807, 2.05) is 0 Å². The molecule has 0 saturated heterocycles. The minimum absolute atomic E-state index is 0.0379. The summed E-state index contributed by atoms with van der Waals surface area (Å²) >= 11 is 0. The van der Waals surface area contributed by atoms with Crippen molar-refractivity contribution in [1.82, 2.24) is 14.0 Å². The molecule has 0 radical (unpaired) electrons. The number of benzene rings is 1. The fraction of sp³-hybridized carbons (Fsp3) is 0.333. The van der Waals surface area contributed by atoms with Gasteiger partial charge in [0.2, 0.25) is 0 Å². The number of anilines is 1. The maximum atomic E-state index is 14.5. The Morgan fingerprint density at radius 1 is 1.18 bits per heavy atom. The topological polar surface area (TPSA) is 120 Å². The molecule has 0 aliphatic carbocycles. The third-order valence-electron chi connectivity index (χ3n) is 5.51. The van der Waals surface area contributed by atoms with Crippen molar-refractivity contribution in [1.29, 1.82) is 0 Å². The predicted octanol–water partition coefficient (Wildman–Crippen LogP) is 2.52. The SMILES string of the molecule is Cc1c(O)cc(F)c(C)c1-n1c(N)c(C(N)=O)c2cc(C(F)(F)F)n(CCN(C)C)c(=O)c21. The van der Waals surface area contributed by atoms with Gasteiger partial charge in [-0.15, -0.1) is 0 Å². The molecule has 2 heterocycles. The van der Waals surface area contributed by atoms with Crippen LogP contribution in [0.2, 0.25) is 0 Å². The van der Waals surface area contributed by atoms with Gasteiger partial charge < -0.3 is 26.0 Å². The fourth-order valence-corrected chi connectivity index (χ4v) is 3.85. The summed E-state index contributed by atoms with van der Waals surface area (Å²) in [6.45, 7) is 2.55. The Kier molecular flexibility index (Phi) is 5.92. The number of likely N-dealkylation sites (N-methyl/N-ethyl adjacent to an activating group) is 1. The molecular weight excluding hydrogens is 446 g/mol. The van der Waals surface area contributed by atoms with Crippen LogP contribution in [0, 0.1) is 19.7 Å². The zero-order valence-electron chi connectivity index (χ0n) is 18.3. The zero-order valence-corrected chi connectivity index (χ0v) is 18.3. The first-order chi connectivity index (χ1) is 15.2. The monoisotopic (exact) mass is 469 g/mol. The minimum atomic E-state index is -4.92. The lowest BCUT2D eigenvalue weighted by molar-refractivity contribution is -0.144. The minimum Gasteiger partial charge on any atom is -0.507 e. The van der Waals surface area contributed by atoms with Crippen molar-refractivity contribution in [2.45, 2.75) is 26.6 Å². The summed E-state index contributed by atoms with van der Waals surface area (Å²) in [6.07, 6.45) is -4.92. The summed E-state index contributed by atoms with van der Waals surface area (Å²) in [6, 6.07) is 1.51. The second-order valence-corrected chi connectivity index (χ2v) is 7.99. The van der Waals surface area contributed by atoms with Crippen LogP contribution < -0.4 is 17.0 Å². The number of phenols is 1. The van der Waals surface area contributed by atoms with E-state index in [2.05, 4.69) is 0 Å². The van der Waals surface area contributed by atoms with Crippen molar-refractivity contribution in [2.24, 2.45) is 5.73 Å². The molecule has 178 valence electrons. The van der Waals surface area contributed by atoms with Crippen LogP contribution >= 0.6 is 0 Å². The maximum Gasteiger partial charge on any atom is 0.431 e. The molecule has 0 fully saturated rings. The molecule has 8 nitrogen and oxygen atoms in total. The number of fused-ring (bicyclic) bond motifs is 1. The first kappa shape index (κ1) is 24.1. The highest BCUT2D eigenvalue weighted by molar-refractivity contribution is 6.11. The number of hydrogen-bond donors (Lipinski definition) is 3. The standard InChI is InChI=1S/C21H23F4N5O3/c1-9-12(22)8-13(31)10(2)16(9)30-17-11(15(18(30)26)19(27)32)7-14(21(23,24)25)29(20(17)33)6-5-28(3)4/h7-8,31H,5-6,26H2,1-4H3,(H2,27,32). The van der Waals surface area contributed by atoms with Gasteiger partial charge in [0.1, 0.15) is 28.6 Å². The normalized spacial score (nSPS) is 12.2. The van der Waals surface area contributed by atoms with Gasteiger partial charge in [0.05, 0.1) is 11.3 Å². The average Bonchev–Trinajstić information content (AvgIpc) is 2.97. The Morgan fingerprint density at radius 2 is 1.79 bits per heavy atom. The summed E-state index contributed by atoms with van der Waals surface area (Å²) in [4.78, 5) is 27.2. The van der Waals surface area contributed by atoms with E-state index in [-0.39, 0.29) is 35.4 Å². The zero-order chi connectivity index (χ0) is 25.0. The molecule has 0 spiro atoms. The Balaban J connectivity index is 2.60. The van der Waals surface area contributed by atoms with E-state index in [0.29, 0.717) is 10.6 Å². The molecule has 1 aromatic carbocycles. The number of alkyl halides is 3. The van der Waals surface area contributed by atoms with E-state index < -0.39 is 51.7 Å². The molecule has 12 heteroatoms. The number of aromatic nitrogens is 2. The van der Waals surface area contributed by atoms with E-state index >= 15 is 0 Å². The third-order valence-corrected chi connectivity index (χ3v) is 5.51. The fourth-order valence-electron chi connectivity index (χ4n) is 3.85. The summed E-state index contributed by atoms with van der Waals surface area (Å²) in [5.74, 6) is -2.90. The van der Waals surface area contributed by atoms with Crippen molar-refractivity contribution in [2.75, 3.05) is 26.4 Å². The number of amides is 1. The summed E-state index contributed by atoms with van der Waals surface area (Å²) in [5.41, 5.74) is 8.24. The van der Waals surface area contributed by atoms with E-state index in [1.165, 1.54) is 13.8 Å². The highest BCUT2D eigenvalue weighted by Crippen LogP contribution is 2.38. The van der Waals surface area contributed by atoms with Crippen LogP contribution in [0.4, 0.5) is 23.4 Å². The number of nitrogens with two attached hydrogens (primary N) is 2. The van der Waals surface area contributed by atoms with Gasteiger partial charge in [-0.1, -0.05) is 0 Å². The quantitative estimate of drug-likeness (QED) is 0.496. The lowest BCUT2D eigenvalue weighted by atomic mass is 10.1. The number of nitrogens with zero attached hydrogens (tertiary/aromatic N) is 3. The largest absolute Gasteiger partial charge is 0.507 e. The number of rotatable bonds is 5. The van der Waals surface area contributed by atoms with Gasteiger partial charge in [-0.2, -0.15) is 13.2 Å². The van der Waals surface area contributed by atoms with Gasteiger partial charge in [0.15, 0.2) is 0 Å². The molecular formula is C21H23F4N5O3. The number of nitrogen functional groups attached to an aromatic ring is 1. The highest BCUT2D eigenvalue weighted by Gasteiger charge is 2.37. The van der Waals surface area contributed by atoms with E-state index in [4.69, 9.17) is 11.5 Å². The molecule has 0 unspecified atom stereocenters. The molecule has 33 heavy (non-hydrogen) atoms. The van der Waals surface area contributed by atoms with Crippen LogP contribution in [0.15, 0.2) is 16.9 Å². The summed E-state index contributed by atoms with van der Waals surface area (Å²) < 4.78 is 57.6. The molecule has 3 aromatic rings. The van der Waals surface area contributed by atoms with Crippen LogP contribution in [0.1, 0.15) is 27.2 Å². The number of hydrogen-bond acceptors (Lipinski definition) is 5. The van der Waals surface area contributed by atoms with Crippen LogP contribution in [0.5, 0.6) is 5.75 Å². The Hall–Kier alpha value is -3.54. The molecule has 3 rings (SSSR count). The van der Waals surface area contributed by atoms with Crippen molar-refractivity contribution in [3.8, 4) is 11.4 Å². The summed E-state index contributed by atoms with van der Waals surface area (Å²) in [7, 11) is 3.26. The summed E-state index contributed by atoms with van der Waals surface area (Å²) in [5, 5.41) is 9.73. The number of pyridine rings is 1. The smallest absolute Gasteiger partial charge is 0.431 e. The molecule has 0 saturated carbocycles. The maximum absolute atomic E-state index is 14.5. The first-order valence-corrected chi connectivity index (χ1v) is 9.76. The first-order valence-electron chi connectivity index (χ1n) is 9.76. The predicted molar refractivity (Wildman–Crippen MR) is 115 cm³/mol. The molecule has 0 atom stereocenters. The number of carbonyl (C=O) groups is 1. The van der Waals surface area contributed by atoms with Crippen molar-refractivity contribution >= 4 is 22.6 Å². The van der Waals surface area contributed by atoms with Gasteiger partial charge >= 0.3 is 6.18 Å². The van der Waals surface area contributed by atoms with Crippen LogP contribution in [-0.2, 0) is 12.7 Å². The Bertz CT molecular complexity index is 1310.